The van der Waals surface area contributed by atoms with E-state index in [2.05, 4.69) is 43.8 Å². The Morgan fingerprint density at radius 2 is 1.94 bits per heavy atom. The monoisotopic (exact) mass is 602 g/mol. The number of ether oxygens (including phenoxy) is 3. The summed E-state index contributed by atoms with van der Waals surface area (Å²) in [5, 5.41) is 12.2. The third kappa shape index (κ3) is 5.23. The molecular formula is C24H16BrIN2O4. The second-order valence-corrected chi connectivity index (χ2v) is 8.80. The van der Waals surface area contributed by atoms with Crippen LogP contribution in [0.25, 0.3) is 6.08 Å². The fraction of sp³-hybridized carbons (Fsp3) is 0.0833. The van der Waals surface area contributed by atoms with Crippen molar-refractivity contribution >= 4 is 56.2 Å². The zero-order chi connectivity index (χ0) is 22.5. The minimum absolute atomic E-state index is 0.00517. The number of nitrogens with one attached hydrogen (secondary N) is 1. The molecule has 0 saturated carbocycles. The van der Waals surface area contributed by atoms with Crippen LogP contribution in [0.4, 0.5) is 5.69 Å². The summed E-state index contributed by atoms with van der Waals surface area (Å²) in [4.78, 5) is 12.5. The van der Waals surface area contributed by atoms with Crippen molar-refractivity contribution in [2.45, 2.75) is 6.61 Å². The van der Waals surface area contributed by atoms with E-state index in [1.54, 1.807) is 18.2 Å². The number of para-hydroxylation sites is 1. The van der Waals surface area contributed by atoms with E-state index in [1.165, 1.54) is 0 Å². The molecule has 0 aliphatic carbocycles. The lowest BCUT2D eigenvalue weighted by Gasteiger charge is -2.12. The molecule has 32 heavy (non-hydrogen) atoms. The number of anilines is 1. The molecule has 1 amide bonds. The summed E-state index contributed by atoms with van der Waals surface area (Å²) >= 11 is 5.70. The number of amides is 1. The van der Waals surface area contributed by atoms with Gasteiger partial charge in [0.1, 0.15) is 24.0 Å². The third-order valence-corrected chi connectivity index (χ3v) is 5.94. The van der Waals surface area contributed by atoms with Crippen LogP contribution in [0, 0.1) is 14.9 Å². The largest absolute Gasteiger partial charge is 0.487 e. The maximum absolute atomic E-state index is 12.5. The number of hydrogen-bond acceptors (Lipinski definition) is 5. The quantitative estimate of drug-likeness (QED) is 0.216. The van der Waals surface area contributed by atoms with Crippen molar-refractivity contribution in [3.05, 3.63) is 85.4 Å². The van der Waals surface area contributed by atoms with Crippen molar-refractivity contribution < 1.29 is 19.0 Å². The number of nitrogens with zero attached hydrogens (tertiary/aromatic N) is 1. The highest BCUT2D eigenvalue weighted by Gasteiger charge is 2.15. The van der Waals surface area contributed by atoms with Crippen LogP contribution in [0.15, 0.2) is 70.7 Å². The normalized spacial score (nSPS) is 12.2. The molecule has 0 radical (unpaired) electrons. The molecule has 3 aromatic rings. The minimum atomic E-state index is -0.465. The standard InChI is InChI=1S/C24H16BrIN2O4/c25-19-9-16(8-17(12-27)24(29)28-18-4-2-1-3-5-18)10-20(26)23(19)30-13-15-6-7-21-22(11-15)32-14-31-21/h1-11H,13-14H2,(H,28,29)/b17-8-. The highest BCUT2D eigenvalue weighted by atomic mass is 127. The van der Waals surface area contributed by atoms with Gasteiger partial charge in [0.25, 0.3) is 5.91 Å². The van der Waals surface area contributed by atoms with E-state index in [-0.39, 0.29) is 12.4 Å². The third-order valence-electron chi connectivity index (χ3n) is 4.55. The predicted molar refractivity (Wildman–Crippen MR) is 132 cm³/mol. The van der Waals surface area contributed by atoms with E-state index in [9.17, 15) is 10.1 Å². The highest BCUT2D eigenvalue weighted by molar-refractivity contribution is 14.1. The van der Waals surface area contributed by atoms with Crippen LogP contribution in [0.5, 0.6) is 17.2 Å². The number of rotatable bonds is 6. The van der Waals surface area contributed by atoms with Gasteiger partial charge in [-0.05, 0) is 92.1 Å². The number of carbonyl (C=O) groups is 1. The molecule has 0 spiro atoms. The SMILES string of the molecule is N#C/C(=C/c1cc(Br)c(OCc2ccc3c(c2)OCO3)c(I)c1)C(=O)Nc1ccccc1. The van der Waals surface area contributed by atoms with E-state index >= 15 is 0 Å². The number of fused-ring (bicyclic) bond motifs is 1. The van der Waals surface area contributed by atoms with Gasteiger partial charge >= 0.3 is 0 Å². The smallest absolute Gasteiger partial charge is 0.266 e. The van der Waals surface area contributed by atoms with Crippen molar-refractivity contribution in [1.29, 1.82) is 5.26 Å². The molecule has 1 aliphatic heterocycles. The summed E-state index contributed by atoms with van der Waals surface area (Å²) in [6.45, 7) is 0.579. The summed E-state index contributed by atoms with van der Waals surface area (Å²) in [6, 6.07) is 20.3. The minimum Gasteiger partial charge on any atom is -0.487 e. The van der Waals surface area contributed by atoms with Gasteiger partial charge in [0, 0.05) is 5.69 Å². The number of hydrogen-bond donors (Lipinski definition) is 1. The molecule has 1 heterocycles. The molecule has 3 aromatic carbocycles. The summed E-state index contributed by atoms with van der Waals surface area (Å²) < 4.78 is 18.3. The van der Waals surface area contributed by atoms with E-state index in [1.807, 2.05) is 54.6 Å². The fourth-order valence-electron chi connectivity index (χ4n) is 3.02. The molecule has 0 aromatic heterocycles. The lowest BCUT2D eigenvalue weighted by molar-refractivity contribution is -0.112. The molecular weight excluding hydrogens is 587 g/mol. The first-order valence-electron chi connectivity index (χ1n) is 9.52. The second-order valence-electron chi connectivity index (χ2n) is 6.78. The lowest BCUT2D eigenvalue weighted by Crippen LogP contribution is -2.13. The molecule has 0 bridgehead atoms. The fourth-order valence-corrected chi connectivity index (χ4v) is 4.79. The molecule has 8 heteroatoms. The second kappa shape index (κ2) is 10.1. The Morgan fingerprint density at radius 3 is 2.69 bits per heavy atom. The van der Waals surface area contributed by atoms with Gasteiger partial charge in [-0.25, -0.2) is 0 Å². The van der Waals surface area contributed by atoms with E-state index < -0.39 is 5.91 Å². The summed E-state index contributed by atoms with van der Waals surface area (Å²) in [5.74, 6) is 1.64. The first-order chi connectivity index (χ1) is 15.5. The number of carbonyl (C=O) groups excluding carboxylic acids is 1. The van der Waals surface area contributed by atoms with Gasteiger partial charge in [0.2, 0.25) is 6.79 Å². The van der Waals surface area contributed by atoms with Crippen molar-refractivity contribution in [1.82, 2.24) is 0 Å². The number of nitriles is 1. The van der Waals surface area contributed by atoms with Gasteiger partial charge in [-0.1, -0.05) is 24.3 Å². The van der Waals surface area contributed by atoms with Gasteiger partial charge in [-0.3, -0.25) is 4.79 Å². The molecule has 6 nitrogen and oxygen atoms in total. The van der Waals surface area contributed by atoms with E-state index in [0.29, 0.717) is 29.4 Å². The molecule has 0 saturated heterocycles. The first-order valence-corrected chi connectivity index (χ1v) is 11.4. The Balaban J connectivity index is 1.48. The Kier molecular flexibility index (Phi) is 6.97. The van der Waals surface area contributed by atoms with E-state index in [4.69, 9.17) is 14.2 Å². The van der Waals surface area contributed by atoms with E-state index in [0.717, 1.165) is 19.4 Å². The Morgan fingerprint density at radius 1 is 1.16 bits per heavy atom. The molecule has 4 rings (SSSR count). The van der Waals surface area contributed by atoms with Crippen molar-refractivity contribution in [2.24, 2.45) is 0 Å². The maximum atomic E-state index is 12.5. The zero-order valence-electron chi connectivity index (χ0n) is 16.6. The number of halogens is 2. The van der Waals surface area contributed by atoms with Crippen LogP contribution in [0.3, 0.4) is 0 Å². The molecule has 160 valence electrons. The Hall–Kier alpha value is -3.03. The van der Waals surface area contributed by atoms with Gasteiger partial charge in [0.15, 0.2) is 11.5 Å². The van der Waals surface area contributed by atoms with Crippen molar-refractivity contribution in [3.8, 4) is 23.3 Å². The molecule has 0 atom stereocenters. The molecule has 1 N–H and O–H groups in total. The number of benzene rings is 3. The van der Waals surface area contributed by atoms with Gasteiger partial charge in [-0.2, -0.15) is 5.26 Å². The Labute approximate surface area is 207 Å². The van der Waals surface area contributed by atoms with Crippen LogP contribution in [-0.4, -0.2) is 12.7 Å². The summed E-state index contributed by atoms with van der Waals surface area (Å²) in [6.07, 6.45) is 1.55. The zero-order valence-corrected chi connectivity index (χ0v) is 20.3. The van der Waals surface area contributed by atoms with Gasteiger partial charge in [0.05, 0.1) is 8.04 Å². The molecule has 0 fully saturated rings. The molecule has 1 aliphatic rings. The Bertz CT molecular complexity index is 1220. The maximum Gasteiger partial charge on any atom is 0.266 e. The lowest BCUT2D eigenvalue weighted by atomic mass is 10.1. The highest BCUT2D eigenvalue weighted by Crippen LogP contribution is 2.35. The first kappa shape index (κ1) is 22.2. The van der Waals surface area contributed by atoms with Crippen molar-refractivity contribution in [3.63, 3.8) is 0 Å². The van der Waals surface area contributed by atoms with Gasteiger partial charge in [-0.15, -0.1) is 0 Å². The summed E-state index contributed by atoms with van der Waals surface area (Å²) in [5.41, 5.74) is 2.29. The average molecular weight is 603 g/mol. The van der Waals surface area contributed by atoms with Crippen LogP contribution in [-0.2, 0) is 11.4 Å². The molecule has 0 unspecified atom stereocenters. The predicted octanol–water partition coefficient (Wildman–Crippen LogP) is 5.91. The van der Waals surface area contributed by atoms with Crippen LogP contribution in [0.2, 0.25) is 0 Å². The van der Waals surface area contributed by atoms with Gasteiger partial charge < -0.3 is 19.5 Å². The van der Waals surface area contributed by atoms with Crippen LogP contribution < -0.4 is 19.5 Å². The van der Waals surface area contributed by atoms with Crippen LogP contribution >= 0.6 is 38.5 Å². The average Bonchev–Trinajstić information content (AvgIpc) is 3.25. The van der Waals surface area contributed by atoms with Crippen molar-refractivity contribution in [2.75, 3.05) is 12.1 Å². The van der Waals surface area contributed by atoms with Crippen LogP contribution in [0.1, 0.15) is 11.1 Å². The summed E-state index contributed by atoms with van der Waals surface area (Å²) in [7, 11) is 0. The topological polar surface area (TPSA) is 80.6 Å².